The zero-order valence-electron chi connectivity index (χ0n) is 16.9. The Morgan fingerprint density at radius 3 is 2.53 bits per heavy atom. The smallest absolute Gasteiger partial charge is 0.308 e. The number of piperidine rings is 1. The van der Waals surface area contributed by atoms with Gasteiger partial charge in [0, 0.05) is 38.0 Å². The second-order valence-electron chi connectivity index (χ2n) is 7.34. The molecule has 158 valence electrons. The lowest BCUT2D eigenvalue weighted by molar-refractivity contribution is -0.133. The summed E-state index contributed by atoms with van der Waals surface area (Å²) in [4.78, 5) is 37.8. The van der Waals surface area contributed by atoms with Crippen molar-refractivity contribution in [1.29, 1.82) is 0 Å². The van der Waals surface area contributed by atoms with Gasteiger partial charge in [0.25, 0.3) is 5.91 Å². The van der Waals surface area contributed by atoms with E-state index in [0.29, 0.717) is 49.2 Å². The maximum Gasteiger partial charge on any atom is 0.308 e. The third-order valence-electron chi connectivity index (χ3n) is 5.11. The fraction of sp³-hybridized carbons (Fsp3) is 0.348. The number of nitrogens with zero attached hydrogens (tertiary/aromatic N) is 1. The van der Waals surface area contributed by atoms with Crippen LogP contribution in [0.3, 0.4) is 0 Å². The van der Waals surface area contributed by atoms with Gasteiger partial charge in [-0.2, -0.15) is 0 Å². The van der Waals surface area contributed by atoms with E-state index in [1.165, 1.54) is 19.1 Å². The molecule has 0 unspecified atom stereocenters. The minimum atomic E-state index is -0.445. The van der Waals surface area contributed by atoms with Crippen LogP contribution in [0.1, 0.15) is 42.1 Å². The number of aryl methyl sites for hydroxylation is 1. The standard InChI is InChI=1S/C23H25FN2O4/c1-16(27)30-20-7-4-6-18(15-20)23(29)25-19-11-13-26(14-12-19)22(28)10-9-17-5-2-3-8-21(17)24/h2-8,15,19H,9-14H2,1H3,(H,25,29). The minimum Gasteiger partial charge on any atom is -0.427 e. The second kappa shape index (κ2) is 10.0. The van der Waals surface area contributed by atoms with E-state index < -0.39 is 5.97 Å². The Hall–Kier alpha value is -3.22. The molecule has 1 aliphatic heterocycles. The van der Waals surface area contributed by atoms with Crippen LogP contribution in [0.4, 0.5) is 4.39 Å². The van der Waals surface area contributed by atoms with Crippen molar-refractivity contribution in [1.82, 2.24) is 10.2 Å². The number of likely N-dealkylation sites (tertiary alicyclic amines) is 1. The lowest BCUT2D eigenvalue weighted by Gasteiger charge is -2.32. The van der Waals surface area contributed by atoms with Crippen molar-refractivity contribution >= 4 is 17.8 Å². The van der Waals surface area contributed by atoms with Gasteiger partial charge in [-0.15, -0.1) is 0 Å². The van der Waals surface area contributed by atoms with Gasteiger partial charge in [0.15, 0.2) is 0 Å². The van der Waals surface area contributed by atoms with Crippen LogP contribution in [-0.2, 0) is 16.0 Å². The maximum absolute atomic E-state index is 13.7. The summed E-state index contributed by atoms with van der Waals surface area (Å²) in [6, 6.07) is 12.9. The molecule has 6 nitrogen and oxygen atoms in total. The van der Waals surface area contributed by atoms with Crippen molar-refractivity contribution in [3.05, 3.63) is 65.5 Å². The number of benzene rings is 2. The number of esters is 1. The Bertz CT molecular complexity index is 923. The molecule has 0 bridgehead atoms. The van der Waals surface area contributed by atoms with Gasteiger partial charge in [-0.1, -0.05) is 24.3 Å². The number of rotatable bonds is 6. The Labute approximate surface area is 175 Å². The number of halogens is 1. The SMILES string of the molecule is CC(=O)Oc1cccc(C(=O)NC2CCN(C(=O)CCc3ccccc3F)CC2)c1. The first-order valence-electron chi connectivity index (χ1n) is 10.0. The Balaban J connectivity index is 1.46. The molecule has 1 aliphatic rings. The van der Waals surface area contributed by atoms with Gasteiger partial charge < -0.3 is 15.0 Å². The van der Waals surface area contributed by atoms with E-state index >= 15 is 0 Å². The molecule has 30 heavy (non-hydrogen) atoms. The summed E-state index contributed by atoms with van der Waals surface area (Å²) in [6.45, 7) is 2.40. The second-order valence-corrected chi connectivity index (χ2v) is 7.34. The van der Waals surface area contributed by atoms with Gasteiger partial charge >= 0.3 is 5.97 Å². The summed E-state index contributed by atoms with van der Waals surface area (Å²) in [5.41, 5.74) is 0.959. The quantitative estimate of drug-likeness (QED) is 0.584. The average Bonchev–Trinajstić information content (AvgIpc) is 2.73. The van der Waals surface area contributed by atoms with Crippen molar-refractivity contribution in [2.45, 2.75) is 38.6 Å². The highest BCUT2D eigenvalue weighted by molar-refractivity contribution is 5.95. The van der Waals surface area contributed by atoms with E-state index in [2.05, 4.69) is 5.32 Å². The molecule has 0 radical (unpaired) electrons. The predicted molar refractivity (Wildman–Crippen MR) is 110 cm³/mol. The maximum atomic E-state index is 13.7. The molecule has 7 heteroatoms. The summed E-state index contributed by atoms with van der Waals surface area (Å²) in [7, 11) is 0. The van der Waals surface area contributed by atoms with E-state index in [4.69, 9.17) is 4.74 Å². The number of amides is 2. The average molecular weight is 412 g/mol. The zero-order valence-corrected chi connectivity index (χ0v) is 16.9. The van der Waals surface area contributed by atoms with E-state index in [1.54, 1.807) is 41.3 Å². The molecule has 2 aromatic rings. The van der Waals surface area contributed by atoms with Gasteiger partial charge in [0.05, 0.1) is 0 Å². The molecule has 0 atom stereocenters. The molecule has 1 fully saturated rings. The zero-order chi connectivity index (χ0) is 21.5. The van der Waals surface area contributed by atoms with Gasteiger partial charge in [-0.25, -0.2) is 4.39 Å². The van der Waals surface area contributed by atoms with E-state index in [0.717, 1.165) is 0 Å². The Morgan fingerprint density at radius 1 is 1.10 bits per heavy atom. The summed E-state index contributed by atoms with van der Waals surface area (Å²) in [5.74, 6) is -0.653. The van der Waals surface area contributed by atoms with Crippen LogP contribution in [0.15, 0.2) is 48.5 Å². The molecule has 0 aromatic heterocycles. The van der Waals surface area contributed by atoms with Crippen molar-refractivity contribution in [3.63, 3.8) is 0 Å². The highest BCUT2D eigenvalue weighted by atomic mass is 19.1. The number of nitrogens with one attached hydrogen (secondary N) is 1. The molecule has 2 amide bonds. The fourth-order valence-electron chi connectivity index (χ4n) is 3.51. The van der Waals surface area contributed by atoms with E-state index in [1.807, 2.05) is 0 Å². The van der Waals surface area contributed by atoms with E-state index in [9.17, 15) is 18.8 Å². The van der Waals surface area contributed by atoms with E-state index in [-0.39, 0.29) is 30.1 Å². The van der Waals surface area contributed by atoms with Crippen LogP contribution in [0.2, 0.25) is 0 Å². The first-order valence-corrected chi connectivity index (χ1v) is 10.0. The first kappa shape index (κ1) is 21.5. The normalized spacial score (nSPS) is 14.3. The molecule has 1 N–H and O–H groups in total. The van der Waals surface area contributed by atoms with Crippen LogP contribution in [0.25, 0.3) is 0 Å². The van der Waals surface area contributed by atoms with Crippen LogP contribution < -0.4 is 10.1 Å². The number of ether oxygens (including phenoxy) is 1. The van der Waals surface area contributed by atoms with Gasteiger partial charge in [0.2, 0.25) is 5.91 Å². The van der Waals surface area contributed by atoms with Crippen LogP contribution in [0, 0.1) is 5.82 Å². The first-order chi connectivity index (χ1) is 14.4. The molecule has 0 saturated carbocycles. The van der Waals surface area contributed by atoms with Gasteiger partial charge in [0.1, 0.15) is 11.6 Å². The molecule has 0 aliphatic carbocycles. The number of carbonyl (C=O) groups is 3. The van der Waals surface area contributed by atoms with Gasteiger partial charge in [-0.3, -0.25) is 14.4 Å². The highest BCUT2D eigenvalue weighted by Gasteiger charge is 2.24. The van der Waals surface area contributed by atoms with Crippen molar-refractivity contribution in [3.8, 4) is 5.75 Å². The summed E-state index contributed by atoms with van der Waals surface area (Å²) in [5, 5.41) is 2.97. The topological polar surface area (TPSA) is 75.7 Å². The third-order valence-corrected chi connectivity index (χ3v) is 5.11. The number of carbonyl (C=O) groups excluding carboxylic acids is 3. The third kappa shape index (κ3) is 5.89. The largest absolute Gasteiger partial charge is 0.427 e. The molecular formula is C23H25FN2O4. The minimum absolute atomic E-state index is 0.00267. The van der Waals surface area contributed by atoms with Crippen LogP contribution in [0.5, 0.6) is 5.75 Å². The lowest BCUT2D eigenvalue weighted by atomic mass is 10.0. The molecule has 0 spiro atoms. The van der Waals surface area contributed by atoms with Crippen LogP contribution in [-0.4, -0.2) is 41.8 Å². The summed E-state index contributed by atoms with van der Waals surface area (Å²) >= 11 is 0. The highest BCUT2D eigenvalue weighted by Crippen LogP contribution is 2.17. The Kier molecular flexibility index (Phi) is 7.17. The molecular weight excluding hydrogens is 387 g/mol. The summed E-state index contributed by atoms with van der Waals surface area (Å²) in [6.07, 6.45) is 1.95. The predicted octanol–water partition coefficient (Wildman–Crippen LogP) is 3.10. The molecule has 1 heterocycles. The van der Waals surface area contributed by atoms with Crippen molar-refractivity contribution in [2.75, 3.05) is 13.1 Å². The van der Waals surface area contributed by atoms with Crippen LogP contribution >= 0.6 is 0 Å². The number of hydrogen-bond acceptors (Lipinski definition) is 4. The van der Waals surface area contributed by atoms with Crippen molar-refractivity contribution in [2.24, 2.45) is 0 Å². The molecule has 3 rings (SSSR count). The van der Waals surface area contributed by atoms with Crippen molar-refractivity contribution < 1.29 is 23.5 Å². The fourth-order valence-corrected chi connectivity index (χ4v) is 3.51. The molecule has 2 aromatic carbocycles. The molecule has 1 saturated heterocycles. The summed E-state index contributed by atoms with van der Waals surface area (Å²) < 4.78 is 18.7. The monoisotopic (exact) mass is 412 g/mol. The Morgan fingerprint density at radius 2 is 1.83 bits per heavy atom. The van der Waals surface area contributed by atoms with Gasteiger partial charge in [-0.05, 0) is 49.1 Å². The number of hydrogen-bond donors (Lipinski definition) is 1. The lowest BCUT2D eigenvalue weighted by Crippen LogP contribution is -2.46.